The van der Waals surface area contributed by atoms with Crippen molar-refractivity contribution in [3.8, 4) is 5.75 Å². The highest BCUT2D eigenvalue weighted by Crippen LogP contribution is 2.28. The topological polar surface area (TPSA) is 90.3 Å². The number of carbonyl (C=O) groups excluding carboxylic acids is 1. The Kier molecular flexibility index (Phi) is 4.51. The van der Waals surface area contributed by atoms with E-state index < -0.39 is 9.84 Å². The van der Waals surface area contributed by atoms with E-state index in [4.69, 9.17) is 4.74 Å². The van der Waals surface area contributed by atoms with Gasteiger partial charge in [-0.25, -0.2) is 13.1 Å². The summed E-state index contributed by atoms with van der Waals surface area (Å²) in [6, 6.07) is 7.36. The summed E-state index contributed by atoms with van der Waals surface area (Å²) in [5.41, 5.74) is 2.81. The maximum atomic E-state index is 12.3. The molecule has 0 spiro atoms. The third kappa shape index (κ3) is 3.90. The Morgan fingerprint density at radius 1 is 1.37 bits per heavy atom. The number of benzene rings is 1. The average Bonchev–Trinajstić information content (AvgIpc) is 3.31. The number of hydrogen-bond acceptors (Lipinski definition) is 5. The second-order valence-electron chi connectivity index (χ2n) is 6.96. The lowest BCUT2D eigenvalue weighted by Crippen LogP contribution is -2.18. The smallest absolute Gasteiger partial charge is 0.249 e. The van der Waals surface area contributed by atoms with Crippen molar-refractivity contribution in [3.05, 3.63) is 47.2 Å². The molecule has 7 nitrogen and oxygen atoms in total. The van der Waals surface area contributed by atoms with Crippen LogP contribution in [0.15, 0.2) is 30.3 Å². The quantitative estimate of drug-likeness (QED) is 0.812. The molecule has 1 saturated heterocycles. The zero-order valence-corrected chi connectivity index (χ0v) is 15.8. The van der Waals surface area contributed by atoms with Gasteiger partial charge in [0.15, 0.2) is 9.84 Å². The fourth-order valence-electron chi connectivity index (χ4n) is 3.51. The fourth-order valence-corrected chi connectivity index (χ4v) is 5.20. The van der Waals surface area contributed by atoms with E-state index in [9.17, 15) is 13.2 Å². The lowest BCUT2D eigenvalue weighted by Gasteiger charge is -2.13. The van der Waals surface area contributed by atoms with Gasteiger partial charge in [-0.2, -0.15) is 5.10 Å². The summed E-state index contributed by atoms with van der Waals surface area (Å²) in [5.74, 6) is 1.36. The van der Waals surface area contributed by atoms with Crippen LogP contribution in [0.3, 0.4) is 0 Å². The first kappa shape index (κ1) is 17.8. The van der Waals surface area contributed by atoms with E-state index in [1.54, 1.807) is 16.8 Å². The van der Waals surface area contributed by atoms with Gasteiger partial charge in [0.2, 0.25) is 5.91 Å². The van der Waals surface area contributed by atoms with Gasteiger partial charge in [-0.05, 0) is 42.7 Å². The number of aryl methyl sites for hydroxylation is 1. The molecule has 2 aliphatic heterocycles. The molecule has 1 aromatic carbocycles. The number of amides is 1. The molecule has 1 fully saturated rings. The molecule has 1 atom stereocenters. The number of rotatable bonds is 4. The summed E-state index contributed by atoms with van der Waals surface area (Å²) in [6.45, 7) is 2.52. The lowest BCUT2D eigenvalue weighted by atomic mass is 10.1. The second kappa shape index (κ2) is 6.84. The van der Waals surface area contributed by atoms with Gasteiger partial charge in [0.1, 0.15) is 11.6 Å². The molecule has 1 N–H and O–H groups in total. The predicted molar refractivity (Wildman–Crippen MR) is 103 cm³/mol. The highest BCUT2D eigenvalue weighted by atomic mass is 32.2. The normalized spacial score (nSPS) is 20.6. The number of ether oxygens (including phenoxy) is 1. The number of aromatic nitrogens is 2. The van der Waals surface area contributed by atoms with Crippen LogP contribution in [0.2, 0.25) is 0 Å². The van der Waals surface area contributed by atoms with Crippen molar-refractivity contribution in [2.75, 3.05) is 23.4 Å². The average molecular weight is 387 g/mol. The third-order valence-electron chi connectivity index (χ3n) is 4.80. The highest BCUT2D eigenvalue weighted by Gasteiger charge is 2.31. The van der Waals surface area contributed by atoms with Crippen molar-refractivity contribution in [1.82, 2.24) is 9.78 Å². The molecular weight excluding hydrogens is 366 g/mol. The van der Waals surface area contributed by atoms with Gasteiger partial charge in [0.05, 0.1) is 29.8 Å². The molecule has 0 bridgehead atoms. The van der Waals surface area contributed by atoms with Gasteiger partial charge in [0.25, 0.3) is 0 Å². The second-order valence-corrected chi connectivity index (χ2v) is 9.19. The minimum atomic E-state index is -3.03. The molecule has 3 heterocycles. The molecule has 1 aromatic heterocycles. The molecule has 1 unspecified atom stereocenters. The minimum absolute atomic E-state index is 0.0595. The Morgan fingerprint density at radius 3 is 3.00 bits per heavy atom. The Balaban J connectivity index is 1.47. The Bertz CT molecular complexity index is 1020. The van der Waals surface area contributed by atoms with E-state index in [2.05, 4.69) is 10.4 Å². The van der Waals surface area contributed by atoms with Gasteiger partial charge in [-0.1, -0.05) is 6.07 Å². The van der Waals surface area contributed by atoms with Crippen LogP contribution in [0.1, 0.15) is 29.3 Å². The van der Waals surface area contributed by atoms with Crippen molar-refractivity contribution in [2.45, 2.75) is 25.8 Å². The molecular formula is C19H21N3O4S. The number of carbonyl (C=O) groups is 1. The molecule has 0 radical (unpaired) electrons. The molecule has 8 heteroatoms. The summed E-state index contributed by atoms with van der Waals surface area (Å²) in [4.78, 5) is 12.3. The molecule has 142 valence electrons. The summed E-state index contributed by atoms with van der Waals surface area (Å²) in [6.07, 6.45) is 4.61. The van der Waals surface area contributed by atoms with E-state index in [0.29, 0.717) is 18.8 Å². The molecule has 27 heavy (non-hydrogen) atoms. The van der Waals surface area contributed by atoms with Crippen molar-refractivity contribution >= 4 is 27.6 Å². The summed E-state index contributed by atoms with van der Waals surface area (Å²) >= 11 is 0. The highest BCUT2D eigenvalue weighted by molar-refractivity contribution is 7.91. The van der Waals surface area contributed by atoms with E-state index >= 15 is 0 Å². The van der Waals surface area contributed by atoms with Crippen LogP contribution in [-0.2, 0) is 21.1 Å². The minimum Gasteiger partial charge on any atom is -0.493 e. The van der Waals surface area contributed by atoms with Crippen LogP contribution in [0, 0.1) is 6.92 Å². The number of anilines is 1. The molecule has 0 aliphatic carbocycles. The first-order valence-corrected chi connectivity index (χ1v) is 10.7. The molecule has 2 aliphatic rings. The molecule has 1 amide bonds. The summed E-state index contributed by atoms with van der Waals surface area (Å²) in [5, 5.41) is 7.18. The van der Waals surface area contributed by atoms with Gasteiger partial charge in [-0.15, -0.1) is 0 Å². The lowest BCUT2D eigenvalue weighted by molar-refractivity contribution is -0.111. The van der Waals surface area contributed by atoms with Gasteiger partial charge in [0, 0.05) is 18.6 Å². The Morgan fingerprint density at radius 2 is 2.22 bits per heavy atom. The Hall–Kier alpha value is -2.61. The van der Waals surface area contributed by atoms with Crippen LogP contribution in [0.4, 0.5) is 5.82 Å². The van der Waals surface area contributed by atoms with Gasteiger partial charge < -0.3 is 10.1 Å². The van der Waals surface area contributed by atoms with Crippen LogP contribution < -0.4 is 10.1 Å². The standard InChI is InChI=1S/C19H21N3O4S/c1-13-10-18(22(21-13)16-7-9-27(24,25)12-16)20-19(23)5-3-14-2-4-17-15(11-14)6-8-26-17/h2-5,10-11,16H,6-9,12H2,1H3,(H,20,23)/b5-3+. The van der Waals surface area contributed by atoms with Crippen LogP contribution >= 0.6 is 0 Å². The maximum Gasteiger partial charge on any atom is 0.249 e. The van der Waals surface area contributed by atoms with Gasteiger partial charge >= 0.3 is 0 Å². The number of fused-ring (bicyclic) bond motifs is 1. The van der Waals surface area contributed by atoms with E-state index in [-0.39, 0.29) is 23.5 Å². The van der Waals surface area contributed by atoms with E-state index in [0.717, 1.165) is 29.0 Å². The molecule has 4 rings (SSSR count). The SMILES string of the molecule is Cc1cc(NC(=O)/C=C/c2ccc3c(c2)CCO3)n(C2CCS(=O)(=O)C2)n1. The first-order chi connectivity index (χ1) is 12.9. The maximum absolute atomic E-state index is 12.3. The monoisotopic (exact) mass is 387 g/mol. The molecule has 0 saturated carbocycles. The summed E-state index contributed by atoms with van der Waals surface area (Å²) < 4.78 is 30.6. The van der Waals surface area contributed by atoms with Crippen LogP contribution in [0.5, 0.6) is 5.75 Å². The largest absolute Gasteiger partial charge is 0.493 e. The van der Waals surface area contributed by atoms with E-state index in [1.165, 1.54) is 6.08 Å². The predicted octanol–water partition coefficient (Wildman–Crippen LogP) is 2.14. The van der Waals surface area contributed by atoms with Crippen molar-refractivity contribution in [1.29, 1.82) is 0 Å². The van der Waals surface area contributed by atoms with Crippen LogP contribution in [-0.4, -0.2) is 42.2 Å². The first-order valence-electron chi connectivity index (χ1n) is 8.91. The van der Waals surface area contributed by atoms with Crippen molar-refractivity contribution in [3.63, 3.8) is 0 Å². The van der Waals surface area contributed by atoms with E-state index in [1.807, 2.05) is 25.1 Å². The number of nitrogens with zero attached hydrogens (tertiary/aromatic N) is 2. The number of hydrogen-bond donors (Lipinski definition) is 1. The van der Waals surface area contributed by atoms with Crippen LogP contribution in [0.25, 0.3) is 6.08 Å². The number of nitrogens with one attached hydrogen (secondary N) is 1. The summed E-state index contributed by atoms with van der Waals surface area (Å²) in [7, 11) is -3.03. The van der Waals surface area contributed by atoms with Crippen molar-refractivity contribution in [2.24, 2.45) is 0 Å². The third-order valence-corrected chi connectivity index (χ3v) is 6.55. The fraction of sp³-hybridized carbons (Fsp3) is 0.368. The Labute approximate surface area is 157 Å². The van der Waals surface area contributed by atoms with Gasteiger partial charge in [-0.3, -0.25) is 4.79 Å². The zero-order valence-electron chi connectivity index (χ0n) is 15.0. The van der Waals surface area contributed by atoms with Crippen molar-refractivity contribution < 1.29 is 17.9 Å². The number of sulfone groups is 1. The zero-order chi connectivity index (χ0) is 19.0. The molecule has 2 aromatic rings.